The number of hydrogen-bond acceptors (Lipinski definition) is 4. The van der Waals surface area contributed by atoms with Gasteiger partial charge in [-0.15, -0.1) is 0 Å². The van der Waals surface area contributed by atoms with Crippen LogP contribution in [0.25, 0.3) is 0 Å². The summed E-state index contributed by atoms with van der Waals surface area (Å²) >= 11 is 0. The van der Waals surface area contributed by atoms with Gasteiger partial charge >= 0.3 is 0 Å². The van der Waals surface area contributed by atoms with E-state index in [-0.39, 0.29) is 0 Å². The van der Waals surface area contributed by atoms with Crippen LogP contribution in [0.15, 0.2) is 36.7 Å². The van der Waals surface area contributed by atoms with Crippen molar-refractivity contribution in [2.75, 3.05) is 13.1 Å². The molecule has 5 heteroatoms. The molecule has 2 aromatic rings. The summed E-state index contributed by atoms with van der Waals surface area (Å²) in [6.07, 6.45) is 5.09. The minimum absolute atomic E-state index is 0.678. The smallest absolute Gasteiger partial charge is 0.120 e. The molecule has 0 aliphatic carbocycles. The number of rotatable bonds is 3. The van der Waals surface area contributed by atoms with Crippen molar-refractivity contribution in [3.8, 4) is 6.07 Å². The molecule has 0 spiro atoms. The zero-order valence-electron chi connectivity index (χ0n) is 12.7. The normalized spacial score (nSPS) is 18.0. The van der Waals surface area contributed by atoms with E-state index < -0.39 is 5.60 Å². The predicted molar refractivity (Wildman–Crippen MR) is 82.8 cm³/mol. The molecule has 0 radical (unpaired) electrons. The van der Waals surface area contributed by atoms with Gasteiger partial charge in [0.2, 0.25) is 0 Å². The van der Waals surface area contributed by atoms with Crippen LogP contribution in [-0.4, -0.2) is 32.6 Å². The third-order valence-corrected chi connectivity index (χ3v) is 4.41. The van der Waals surface area contributed by atoms with E-state index in [0.29, 0.717) is 18.5 Å². The van der Waals surface area contributed by atoms with Gasteiger partial charge in [0.25, 0.3) is 0 Å². The SMILES string of the molecule is Cn1cc(CN2CCC(O)(c3ccccn3)CC2)cc1C#N. The van der Waals surface area contributed by atoms with Crippen LogP contribution in [0.4, 0.5) is 0 Å². The van der Waals surface area contributed by atoms with Crippen molar-refractivity contribution >= 4 is 0 Å². The van der Waals surface area contributed by atoms with Gasteiger partial charge in [-0.3, -0.25) is 9.88 Å². The van der Waals surface area contributed by atoms with Gasteiger partial charge < -0.3 is 9.67 Å². The first-order valence-corrected chi connectivity index (χ1v) is 7.52. The summed E-state index contributed by atoms with van der Waals surface area (Å²) in [4.78, 5) is 6.61. The molecule has 0 unspecified atom stereocenters. The van der Waals surface area contributed by atoms with E-state index in [4.69, 9.17) is 5.26 Å². The molecule has 2 aromatic heterocycles. The molecule has 0 aromatic carbocycles. The predicted octanol–water partition coefficient (Wildman–Crippen LogP) is 1.78. The molecule has 0 amide bonds. The molecule has 22 heavy (non-hydrogen) atoms. The molecule has 0 saturated carbocycles. The van der Waals surface area contributed by atoms with Gasteiger partial charge in [0.15, 0.2) is 0 Å². The summed E-state index contributed by atoms with van der Waals surface area (Å²) < 4.78 is 1.85. The highest BCUT2D eigenvalue weighted by molar-refractivity contribution is 5.28. The number of nitrogens with zero attached hydrogens (tertiary/aromatic N) is 4. The van der Waals surface area contributed by atoms with Crippen LogP contribution in [0.3, 0.4) is 0 Å². The molecular weight excluding hydrogens is 276 g/mol. The summed E-state index contributed by atoms with van der Waals surface area (Å²) in [5.41, 5.74) is 1.77. The first kappa shape index (κ1) is 14.8. The Bertz CT molecular complexity index is 678. The zero-order chi connectivity index (χ0) is 15.6. The van der Waals surface area contributed by atoms with Crippen LogP contribution in [-0.2, 0) is 19.2 Å². The minimum Gasteiger partial charge on any atom is -0.383 e. The molecular formula is C17H20N4O. The second-order valence-corrected chi connectivity index (χ2v) is 5.98. The van der Waals surface area contributed by atoms with E-state index in [9.17, 15) is 5.11 Å². The van der Waals surface area contributed by atoms with Crippen molar-refractivity contribution in [2.24, 2.45) is 7.05 Å². The third-order valence-electron chi connectivity index (χ3n) is 4.41. The van der Waals surface area contributed by atoms with E-state index in [2.05, 4.69) is 16.0 Å². The molecule has 1 saturated heterocycles. The largest absolute Gasteiger partial charge is 0.383 e. The van der Waals surface area contributed by atoms with E-state index in [1.54, 1.807) is 6.20 Å². The molecule has 114 valence electrons. The number of nitriles is 1. The number of piperidine rings is 1. The average Bonchev–Trinajstić information content (AvgIpc) is 2.90. The van der Waals surface area contributed by atoms with Crippen molar-refractivity contribution in [1.29, 1.82) is 5.26 Å². The lowest BCUT2D eigenvalue weighted by Crippen LogP contribution is -2.42. The van der Waals surface area contributed by atoms with Crippen LogP contribution in [0.1, 0.15) is 29.8 Å². The fourth-order valence-corrected chi connectivity index (χ4v) is 3.06. The molecule has 0 atom stereocenters. The molecule has 0 bridgehead atoms. The van der Waals surface area contributed by atoms with Crippen LogP contribution in [0.5, 0.6) is 0 Å². The van der Waals surface area contributed by atoms with Crippen molar-refractivity contribution < 1.29 is 5.11 Å². The fourth-order valence-electron chi connectivity index (χ4n) is 3.06. The molecule has 1 aliphatic heterocycles. The van der Waals surface area contributed by atoms with Crippen molar-refractivity contribution in [3.63, 3.8) is 0 Å². The Balaban J connectivity index is 1.63. The molecule has 3 rings (SSSR count). The molecule has 3 heterocycles. The van der Waals surface area contributed by atoms with Gasteiger partial charge in [-0.1, -0.05) is 6.07 Å². The third kappa shape index (κ3) is 2.89. The maximum atomic E-state index is 10.8. The second-order valence-electron chi connectivity index (χ2n) is 5.98. The Labute approximate surface area is 130 Å². The standard InChI is InChI=1S/C17H20N4O/c1-20-12-14(10-15(20)11-18)13-21-8-5-17(22,6-9-21)16-4-2-3-7-19-16/h2-4,7,10,12,22H,5-6,8-9,13H2,1H3. The second kappa shape index (κ2) is 5.91. The summed E-state index contributed by atoms with van der Waals surface area (Å²) in [6.45, 7) is 2.46. The van der Waals surface area contributed by atoms with Crippen molar-refractivity contribution in [2.45, 2.75) is 25.0 Å². The summed E-state index contributed by atoms with van der Waals surface area (Å²) in [6, 6.07) is 9.79. The fraction of sp³-hybridized carbons (Fsp3) is 0.412. The van der Waals surface area contributed by atoms with Gasteiger partial charge in [0, 0.05) is 39.1 Å². The average molecular weight is 296 g/mol. The first-order chi connectivity index (χ1) is 10.6. The van der Waals surface area contributed by atoms with E-state index in [1.807, 2.05) is 42.1 Å². The highest BCUT2D eigenvalue weighted by Gasteiger charge is 2.35. The number of likely N-dealkylation sites (tertiary alicyclic amines) is 1. The lowest BCUT2D eigenvalue weighted by molar-refractivity contribution is -0.0311. The first-order valence-electron chi connectivity index (χ1n) is 7.52. The van der Waals surface area contributed by atoms with Gasteiger partial charge in [-0.25, -0.2) is 0 Å². The summed E-state index contributed by atoms with van der Waals surface area (Å²) in [7, 11) is 1.89. The number of hydrogen-bond donors (Lipinski definition) is 1. The highest BCUT2D eigenvalue weighted by atomic mass is 16.3. The Hall–Kier alpha value is -2.16. The van der Waals surface area contributed by atoms with Gasteiger partial charge in [0.1, 0.15) is 17.4 Å². The van der Waals surface area contributed by atoms with Crippen LogP contribution in [0, 0.1) is 11.3 Å². The summed E-state index contributed by atoms with van der Waals surface area (Å²) in [5.74, 6) is 0. The Kier molecular flexibility index (Phi) is 3.97. The Morgan fingerprint density at radius 3 is 2.73 bits per heavy atom. The van der Waals surface area contributed by atoms with Gasteiger partial charge in [-0.05, 0) is 36.6 Å². The molecule has 1 fully saturated rings. The van der Waals surface area contributed by atoms with Gasteiger partial charge in [0.05, 0.1) is 5.69 Å². The molecule has 1 N–H and O–H groups in total. The maximum Gasteiger partial charge on any atom is 0.120 e. The Morgan fingerprint density at radius 2 is 2.14 bits per heavy atom. The van der Waals surface area contributed by atoms with Crippen LogP contribution in [0.2, 0.25) is 0 Å². The maximum absolute atomic E-state index is 10.8. The van der Waals surface area contributed by atoms with E-state index in [1.165, 1.54) is 0 Å². The van der Waals surface area contributed by atoms with Crippen LogP contribution < -0.4 is 0 Å². The van der Waals surface area contributed by atoms with Crippen LogP contribution >= 0.6 is 0 Å². The van der Waals surface area contributed by atoms with Crippen molar-refractivity contribution in [1.82, 2.24) is 14.5 Å². The topological polar surface area (TPSA) is 65.1 Å². The monoisotopic (exact) mass is 296 g/mol. The number of aliphatic hydroxyl groups is 1. The quantitative estimate of drug-likeness (QED) is 0.937. The lowest BCUT2D eigenvalue weighted by atomic mass is 9.87. The van der Waals surface area contributed by atoms with E-state index in [0.717, 1.165) is 30.9 Å². The van der Waals surface area contributed by atoms with E-state index >= 15 is 0 Å². The molecule has 1 aliphatic rings. The zero-order valence-corrected chi connectivity index (χ0v) is 12.7. The summed E-state index contributed by atoms with van der Waals surface area (Å²) in [5, 5.41) is 19.8. The Morgan fingerprint density at radius 1 is 1.36 bits per heavy atom. The van der Waals surface area contributed by atoms with Crippen molar-refractivity contribution in [3.05, 3.63) is 53.6 Å². The van der Waals surface area contributed by atoms with Gasteiger partial charge in [-0.2, -0.15) is 5.26 Å². The lowest BCUT2D eigenvalue weighted by Gasteiger charge is -2.37. The number of aromatic nitrogens is 2. The minimum atomic E-state index is -0.813. The molecule has 5 nitrogen and oxygen atoms in total. The number of aryl methyl sites for hydroxylation is 1. The number of pyridine rings is 1. The highest BCUT2D eigenvalue weighted by Crippen LogP contribution is 2.31.